The summed E-state index contributed by atoms with van der Waals surface area (Å²) in [5.74, 6) is 1.15. The Kier molecular flexibility index (Phi) is 7.06. The average Bonchev–Trinajstić information content (AvgIpc) is 2.60. The Hall–Kier alpha value is -2.28. The van der Waals surface area contributed by atoms with Crippen LogP contribution in [-0.2, 0) is 9.59 Å². The largest absolute Gasteiger partial charge is 0.493 e. The average molecular weight is 349 g/mol. The Bertz CT molecular complexity index is 600. The third kappa shape index (κ3) is 5.94. The van der Waals surface area contributed by atoms with Crippen molar-refractivity contribution in [2.45, 2.75) is 26.2 Å². The van der Waals surface area contributed by atoms with E-state index in [0.717, 1.165) is 25.9 Å². The fraction of sp³-hybridized carbons (Fsp3) is 0.556. The van der Waals surface area contributed by atoms with Crippen LogP contribution in [0.25, 0.3) is 0 Å². The van der Waals surface area contributed by atoms with E-state index in [4.69, 9.17) is 15.2 Å². The molecule has 1 aromatic rings. The van der Waals surface area contributed by atoms with Gasteiger partial charge in [-0.05, 0) is 49.9 Å². The lowest BCUT2D eigenvalue weighted by Crippen LogP contribution is -2.32. The van der Waals surface area contributed by atoms with Gasteiger partial charge < -0.3 is 25.8 Å². The number of benzene rings is 1. The molecule has 1 aromatic carbocycles. The lowest BCUT2D eigenvalue weighted by atomic mass is 9.84. The monoisotopic (exact) mass is 349 g/mol. The number of amides is 2. The Morgan fingerprint density at radius 1 is 1.32 bits per heavy atom. The van der Waals surface area contributed by atoms with Crippen LogP contribution < -0.4 is 25.8 Å². The highest BCUT2D eigenvalue weighted by atomic mass is 16.5. The molecule has 0 saturated carbocycles. The molecule has 0 radical (unpaired) electrons. The van der Waals surface area contributed by atoms with E-state index in [1.165, 1.54) is 7.11 Å². The number of primary amides is 1. The third-order valence-corrected chi connectivity index (χ3v) is 4.51. The lowest BCUT2D eigenvalue weighted by molar-refractivity contribution is -0.120. The molecular weight excluding hydrogens is 322 g/mol. The normalized spacial score (nSPS) is 16.1. The number of hydrogen-bond donors (Lipinski definition) is 3. The molecule has 0 bridgehead atoms. The van der Waals surface area contributed by atoms with E-state index < -0.39 is 5.91 Å². The topological polar surface area (TPSA) is 103 Å². The van der Waals surface area contributed by atoms with Crippen molar-refractivity contribution in [3.63, 3.8) is 0 Å². The summed E-state index contributed by atoms with van der Waals surface area (Å²) < 4.78 is 10.5. The highest BCUT2D eigenvalue weighted by Gasteiger charge is 2.22. The van der Waals surface area contributed by atoms with Crippen LogP contribution in [0.2, 0.25) is 0 Å². The Labute approximate surface area is 148 Å². The molecule has 1 aliphatic heterocycles. The van der Waals surface area contributed by atoms with Crippen LogP contribution >= 0.6 is 0 Å². The lowest BCUT2D eigenvalue weighted by Gasteiger charge is -2.27. The van der Waals surface area contributed by atoms with E-state index >= 15 is 0 Å². The SMILES string of the molecule is COc1ccc(NC(=O)CC(C)C2CCNCC2)cc1OCC(N)=O. The van der Waals surface area contributed by atoms with Crippen molar-refractivity contribution in [3.05, 3.63) is 18.2 Å². The van der Waals surface area contributed by atoms with Crippen molar-refractivity contribution in [3.8, 4) is 11.5 Å². The first kappa shape index (κ1) is 19.1. The van der Waals surface area contributed by atoms with E-state index in [0.29, 0.717) is 35.4 Å². The van der Waals surface area contributed by atoms with E-state index in [-0.39, 0.29) is 12.5 Å². The van der Waals surface area contributed by atoms with Crippen molar-refractivity contribution in [1.82, 2.24) is 5.32 Å². The Balaban J connectivity index is 1.94. The maximum atomic E-state index is 12.3. The zero-order valence-electron chi connectivity index (χ0n) is 14.8. The van der Waals surface area contributed by atoms with Crippen molar-refractivity contribution < 1.29 is 19.1 Å². The Morgan fingerprint density at radius 2 is 2.04 bits per heavy atom. The summed E-state index contributed by atoms with van der Waals surface area (Å²) in [6, 6.07) is 5.06. The summed E-state index contributed by atoms with van der Waals surface area (Å²) in [7, 11) is 1.51. The second kappa shape index (κ2) is 9.27. The number of piperidine rings is 1. The molecular formula is C18H27N3O4. The molecule has 1 unspecified atom stereocenters. The minimum Gasteiger partial charge on any atom is -0.493 e. The number of ether oxygens (including phenoxy) is 2. The molecule has 0 aromatic heterocycles. The van der Waals surface area contributed by atoms with Gasteiger partial charge in [-0.15, -0.1) is 0 Å². The molecule has 4 N–H and O–H groups in total. The summed E-state index contributed by atoms with van der Waals surface area (Å²) in [4.78, 5) is 23.2. The van der Waals surface area contributed by atoms with Crippen LogP contribution in [0, 0.1) is 11.8 Å². The summed E-state index contributed by atoms with van der Waals surface area (Å²) in [6.45, 7) is 3.93. The molecule has 1 atom stereocenters. The first-order chi connectivity index (χ1) is 12.0. The number of anilines is 1. The Morgan fingerprint density at radius 3 is 2.68 bits per heavy atom. The van der Waals surface area contributed by atoms with Gasteiger partial charge in [0.1, 0.15) is 0 Å². The predicted molar refractivity (Wildman–Crippen MR) is 95.7 cm³/mol. The molecule has 1 aliphatic rings. The molecule has 7 nitrogen and oxygen atoms in total. The van der Waals surface area contributed by atoms with Crippen molar-refractivity contribution in [2.24, 2.45) is 17.6 Å². The smallest absolute Gasteiger partial charge is 0.255 e. The first-order valence-electron chi connectivity index (χ1n) is 8.59. The predicted octanol–water partition coefficient (Wildman–Crippen LogP) is 1.52. The summed E-state index contributed by atoms with van der Waals surface area (Å²) in [5, 5.41) is 6.23. The highest BCUT2D eigenvalue weighted by Crippen LogP contribution is 2.31. The fourth-order valence-electron chi connectivity index (χ4n) is 3.10. The van der Waals surface area contributed by atoms with E-state index in [1.54, 1.807) is 18.2 Å². The maximum absolute atomic E-state index is 12.3. The maximum Gasteiger partial charge on any atom is 0.255 e. The standard InChI is InChI=1S/C18H27N3O4/c1-12(13-5-7-20-8-6-13)9-18(23)21-14-3-4-15(24-2)16(10-14)25-11-17(19)22/h3-4,10,12-13,20H,5-9,11H2,1-2H3,(H2,19,22)(H,21,23). The summed E-state index contributed by atoms with van der Waals surface area (Å²) >= 11 is 0. The highest BCUT2D eigenvalue weighted by molar-refractivity contribution is 5.91. The molecule has 7 heteroatoms. The van der Waals surface area contributed by atoms with Crippen LogP contribution in [0.1, 0.15) is 26.2 Å². The minimum atomic E-state index is -0.577. The van der Waals surface area contributed by atoms with Gasteiger partial charge in [0, 0.05) is 18.2 Å². The van der Waals surface area contributed by atoms with Crippen LogP contribution in [0.3, 0.4) is 0 Å². The van der Waals surface area contributed by atoms with Crippen molar-refractivity contribution in [1.29, 1.82) is 0 Å². The quantitative estimate of drug-likeness (QED) is 0.660. The van der Waals surface area contributed by atoms with Crippen LogP contribution in [0.4, 0.5) is 5.69 Å². The molecule has 0 aliphatic carbocycles. The number of methoxy groups -OCH3 is 1. The third-order valence-electron chi connectivity index (χ3n) is 4.51. The van der Waals surface area contributed by atoms with Gasteiger partial charge in [0.2, 0.25) is 5.91 Å². The van der Waals surface area contributed by atoms with Crippen molar-refractivity contribution >= 4 is 17.5 Å². The van der Waals surface area contributed by atoms with E-state index in [2.05, 4.69) is 17.6 Å². The van der Waals surface area contributed by atoms with E-state index in [1.807, 2.05) is 0 Å². The molecule has 1 saturated heterocycles. The van der Waals surface area contributed by atoms with Crippen molar-refractivity contribution in [2.75, 3.05) is 32.1 Å². The number of carbonyl (C=O) groups excluding carboxylic acids is 2. The van der Waals surface area contributed by atoms with Gasteiger partial charge in [-0.25, -0.2) is 0 Å². The molecule has 1 heterocycles. The number of rotatable bonds is 8. The molecule has 1 fully saturated rings. The summed E-state index contributed by atoms with van der Waals surface area (Å²) in [6.07, 6.45) is 2.71. The number of nitrogens with one attached hydrogen (secondary N) is 2. The number of hydrogen-bond acceptors (Lipinski definition) is 5. The van der Waals surface area contributed by atoms with Gasteiger partial charge in [0.05, 0.1) is 7.11 Å². The first-order valence-corrected chi connectivity index (χ1v) is 8.59. The molecule has 0 spiro atoms. The fourth-order valence-corrected chi connectivity index (χ4v) is 3.10. The molecule has 2 amide bonds. The van der Waals surface area contributed by atoms with Gasteiger partial charge in [-0.3, -0.25) is 9.59 Å². The van der Waals surface area contributed by atoms with Crippen LogP contribution in [0.5, 0.6) is 11.5 Å². The zero-order valence-corrected chi connectivity index (χ0v) is 14.8. The van der Waals surface area contributed by atoms with Gasteiger partial charge in [0.15, 0.2) is 18.1 Å². The molecule has 138 valence electrons. The second-order valence-corrected chi connectivity index (χ2v) is 6.44. The second-order valence-electron chi connectivity index (χ2n) is 6.44. The number of nitrogens with two attached hydrogens (primary N) is 1. The van der Waals surface area contributed by atoms with Gasteiger partial charge in [0.25, 0.3) is 5.91 Å². The zero-order chi connectivity index (χ0) is 18.2. The van der Waals surface area contributed by atoms with Gasteiger partial charge >= 0.3 is 0 Å². The number of carbonyl (C=O) groups is 2. The van der Waals surface area contributed by atoms with E-state index in [9.17, 15) is 9.59 Å². The minimum absolute atomic E-state index is 0.0305. The van der Waals surface area contributed by atoms with Crippen LogP contribution in [0.15, 0.2) is 18.2 Å². The molecule has 25 heavy (non-hydrogen) atoms. The van der Waals surface area contributed by atoms with Crippen LogP contribution in [-0.4, -0.2) is 38.6 Å². The molecule has 2 rings (SSSR count). The van der Waals surface area contributed by atoms with Gasteiger partial charge in [-0.1, -0.05) is 6.92 Å². The van der Waals surface area contributed by atoms with Gasteiger partial charge in [-0.2, -0.15) is 0 Å². The summed E-state index contributed by atoms with van der Waals surface area (Å²) in [5.41, 5.74) is 5.70.